The van der Waals surface area contributed by atoms with Crippen molar-refractivity contribution in [2.45, 2.75) is 25.7 Å². The van der Waals surface area contributed by atoms with Crippen molar-refractivity contribution in [3.05, 3.63) is 143 Å². The Bertz CT molecular complexity index is 1040. The molecular formula is C29H27NO. The van der Waals surface area contributed by atoms with Gasteiger partial charge in [-0.05, 0) is 36.1 Å². The normalized spacial score (nSPS) is 12.7. The van der Waals surface area contributed by atoms with Gasteiger partial charge in [-0.1, -0.05) is 125 Å². The van der Waals surface area contributed by atoms with Gasteiger partial charge in [-0.25, -0.2) is 0 Å². The summed E-state index contributed by atoms with van der Waals surface area (Å²) >= 11 is 0. The Morgan fingerprint density at radius 2 is 0.839 bits per heavy atom. The van der Waals surface area contributed by atoms with Gasteiger partial charge in [0.25, 0.3) is 0 Å². The lowest BCUT2D eigenvalue weighted by Crippen LogP contribution is -2.23. The number of rotatable bonds is 6. The zero-order valence-electron chi connectivity index (χ0n) is 17.9. The number of hydrogen-bond donors (Lipinski definition) is 1. The van der Waals surface area contributed by atoms with Crippen LogP contribution in [0.4, 0.5) is 0 Å². The van der Waals surface area contributed by atoms with Crippen LogP contribution in [0.1, 0.15) is 45.2 Å². The van der Waals surface area contributed by atoms with Gasteiger partial charge in [-0.2, -0.15) is 0 Å². The standard InChI is InChI=1S/C29H27NO/c1-21-13-17-25(18-14-21)27(23-9-5-3-6-10-23)29(30-31)28(24-11-7-4-8-12-24)26-19-15-22(2)16-20-26/h3-20,27-28,31H,1-2H3. The van der Waals surface area contributed by atoms with Crippen LogP contribution in [0.2, 0.25) is 0 Å². The van der Waals surface area contributed by atoms with Gasteiger partial charge in [0.05, 0.1) is 17.5 Å². The number of hydrogen-bond acceptors (Lipinski definition) is 2. The second-order valence-corrected chi connectivity index (χ2v) is 8.03. The third kappa shape index (κ3) is 4.59. The molecule has 0 saturated carbocycles. The molecule has 0 heterocycles. The minimum atomic E-state index is -0.168. The minimum absolute atomic E-state index is 0.168. The van der Waals surface area contributed by atoms with Crippen LogP contribution >= 0.6 is 0 Å². The topological polar surface area (TPSA) is 32.6 Å². The lowest BCUT2D eigenvalue weighted by molar-refractivity contribution is 0.315. The van der Waals surface area contributed by atoms with Crippen molar-refractivity contribution in [1.29, 1.82) is 0 Å². The molecule has 0 amide bonds. The van der Waals surface area contributed by atoms with Crippen LogP contribution in [0.3, 0.4) is 0 Å². The minimum Gasteiger partial charge on any atom is -0.411 e. The molecule has 0 spiro atoms. The fourth-order valence-electron chi connectivity index (χ4n) is 4.16. The van der Waals surface area contributed by atoms with E-state index in [1.807, 2.05) is 36.4 Å². The summed E-state index contributed by atoms with van der Waals surface area (Å²) < 4.78 is 0. The maximum Gasteiger partial charge on any atom is 0.0807 e. The molecule has 0 aliphatic rings. The summed E-state index contributed by atoms with van der Waals surface area (Å²) in [5.74, 6) is -0.336. The van der Waals surface area contributed by atoms with Crippen LogP contribution in [0.5, 0.6) is 0 Å². The fraction of sp³-hybridized carbons (Fsp3) is 0.138. The van der Waals surface area contributed by atoms with Crippen molar-refractivity contribution in [3.63, 3.8) is 0 Å². The van der Waals surface area contributed by atoms with Crippen LogP contribution in [0.15, 0.2) is 114 Å². The quantitative estimate of drug-likeness (QED) is 0.207. The molecule has 2 nitrogen and oxygen atoms in total. The summed E-state index contributed by atoms with van der Waals surface area (Å²) in [5.41, 5.74) is 7.55. The Hall–Kier alpha value is -3.65. The average Bonchev–Trinajstić information content (AvgIpc) is 2.82. The van der Waals surface area contributed by atoms with E-state index >= 15 is 0 Å². The summed E-state index contributed by atoms with van der Waals surface area (Å²) in [7, 11) is 0. The predicted molar refractivity (Wildman–Crippen MR) is 128 cm³/mol. The van der Waals surface area contributed by atoms with Crippen LogP contribution in [0.25, 0.3) is 0 Å². The summed E-state index contributed by atoms with van der Waals surface area (Å²) in [6.45, 7) is 4.17. The molecule has 4 aromatic rings. The zero-order valence-corrected chi connectivity index (χ0v) is 17.9. The van der Waals surface area contributed by atoms with Crippen LogP contribution in [-0.4, -0.2) is 10.9 Å². The Morgan fingerprint density at radius 3 is 1.16 bits per heavy atom. The molecule has 0 aliphatic carbocycles. The molecular weight excluding hydrogens is 378 g/mol. The molecule has 1 N–H and O–H groups in total. The molecule has 2 heteroatoms. The van der Waals surface area contributed by atoms with Gasteiger partial charge in [-0.3, -0.25) is 0 Å². The van der Waals surface area contributed by atoms with Crippen molar-refractivity contribution in [2.75, 3.05) is 0 Å². The Labute approximate surface area is 184 Å². The van der Waals surface area contributed by atoms with Crippen molar-refractivity contribution in [2.24, 2.45) is 5.16 Å². The van der Waals surface area contributed by atoms with E-state index in [9.17, 15) is 5.21 Å². The number of aryl methyl sites for hydroxylation is 2. The van der Waals surface area contributed by atoms with Crippen LogP contribution < -0.4 is 0 Å². The molecule has 0 bridgehead atoms. The Morgan fingerprint density at radius 1 is 0.516 bits per heavy atom. The molecule has 31 heavy (non-hydrogen) atoms. The zero-order chi connectivity index (χ0) is 21.6. The van der Waals surface area contributed by atoms with E-state index in [1.165, 1.54) is 11.1 Å². The lowest BCUT2D eigenvalue weighted by atomic mass is 9.76. The van der Waals surface area contributed by atoms with Gasteiger partial charge in [0.1, 0.15) is 0 Å². The van der Waals surface area contributed by atoms with Gasteiger partial charge in [0.2, 0.25) is 0 Å². The number of benzene rings is 4. The van der Waals surface area contributed by atoms with Crippen LogP contribution in [-0.2, 0) is 0 Å². The highest BCUT2D eigenvalue weighted by molar-refractivity contribution is 6.00. The molecule has 2 unspecified atom stereocenters. The van der Waals surface area contributed by atoms with Crippen LogP contribution in [0, 0.1) is 13.8 Å². The highest BCUT2D eigenvalue weighted by Crippen LogP contribution is 2.37. The molecule has 2 atom stereocenters. The SMILES string of the molecule is Cc1ccc(C(C(=NO)C(c2ccccc2)c2ccc(C)cc2)c2ccccc2)cc1. The first-order chi connectivity index (χ1) is 15.2. The van der Waals surface area contributed by atoms with E-state index in [1.54, 1.807) is 0 Å². The van der Waals surface area contributed by atoms with Gasteiger partial charge in [0, 0.05) is 0 Å². The van der Waals surface area contributed by atoms with E-state index in [0.717, 1.165) is 22.3 Å². The van der Waals surface area contributed by atoms with Gasteiger partial charge < -0.3 is 5.21 Å². The average molecular weight is 406 g/mol. The van der Waals surface area contributed by atoms with Gasteiger partial charge in [-0.15, -0.1) is 0 Å². The monoisotopic (exact) mass is 405 g/mol. The summed E-state index contributed by atoms with van der Waals surface area (Å²) in [6.07, 6.45) is 0. The highest BCUT2D eigenvalue weighted by atomic mass is 16.4. The smallest absolute Gasteiger partial charge is 0.0807 e. The van der Waals surface area contributed by atoms with Crippen molar-refractivity contribution in [1.82, 2.24) is 0 Å². The third-order valence-electron chi connectivity index (χ3n) is 5.79. The highest BCUT2D eigenvalue weighted by Gasteiger charge is 2.30. The summed E-state index contributed by atoms with van der Waals surface area (Å²) in [6, 6.07) is 37.6. The van der Waals surface area contributed by atoms with E-state index < -0.39 is 0 Å². The number of oxime groups is 1. The van der Waals surface area contributed by atoms with Gasteiger partial charge in [0.15, 0.2) is 0 Å². The molecule has 0 fully saturated rings. The molecule has 0 radical (unpaired) electrons. The molecule has 0 aliphatic heterocycles. The second kappa shape index (κ2) is 9.44. The number of nitrogens with zero attached hydrogens (tertiary/aromatic N) is 1. The molecule has 4 aromatic carbocycles. The first kappa shape index (κ1) is 20.6. The Balaban J connectivity index is 1.91. The molecule has 4 rings (SSSR count). The second-order valence-electron chi connectivity index (χ2n) is 8.03. The van der Waals surface area contributed by atoms with E-state index in [-0.39, 0.29) is 11.8 Å². The molecule has 154 valence electrons. The third-order valence-corrected chi connectivity index (χ3v) is 5.79. The van der Waals surface area contributed by atoms with E-state index in [4.69, 9.17) is 0 Å². The first-order valence-corrected chi connectivity index (χ1v) is 10.6. The van der Waals surface area contributed by atoms with Crippen molar-refractivity contribution >= 4 is 5.71 Å². The maximum atomic E-state index is 10.4. The maximum absolute atomic E-state index is 10.4. The summed E-state index contributed by atoms with van der Waals surface area (Å²) in [5, 5.41) is 14.4. The van der Waals surface area contributed by atoms with Crippen molar-refractivity contribution in [3.8, 4) is 0 Å². The Kier molecular flexibility index (Phi) is 6.28. The largest absolute Gasteiger partial charge is 0.411 e. The van der Waals surface area contributed by atoms with E-state index in [2.05, 4.69) is 91.8 Å². The first-order valence-electron chi connectivity index (χ1n) is 10.6. The summed E-state index contributed by atoms with van der Waals surface area (Å²) in [4.78, 5) is 0. The predicted octanol–water partition coefficient (Wildman–Crippen LogP) is 7.10. The van der Waals surface area contributed by atoms with Gasteiger partial charge >= 0.3 is 0 Å². The lowest BCUT2D eigenvalue weighted by Gasteiger charge is -2.27. The van der Waals surface area contributed by atoms with Crippen molar-refractivity contribution < 1.29 is 5.21 Å². The molecule has 0 aromatic heterocycles. The van der Waals surface area contributed by atoms with E-state index in [0.29, 0.717) is 5.71 Å². The molecule has 0 saturated heterocycles. The fourth-order valence-corrected chi connectivity index (χ4v) is 4.16.